The Balaban J connectivity index is 2.06. The van der Waals surface area contributed by atoms with Crippen molar-refractivity contribution in [3.8, 4) is 0 Å². The highest BCUT2D eigenvalue weighted by Crippen LogP contribution is 2.25. The van der Waals surface area contributed by atoms with E-state index in [9.17, 15) is 9.90 Å². The van der Waals surface area contributed by atoms with Gasteiger partial charge in [-0.25, -0.2) is 9.78 Å². The molecule has 1 aliphatic rings. The lowest BCUT2D eigenvalue weighted by molar-refractivity contribution is 0.0158. The fourth-order valence-electron chi connectivity index (χ4n) is 2.29. The Hall–Kier alpha value is -1.37. The van der Waals surface area contributed by atoms with Crippen molar-refractivity contribution >= 4 is 23.4 Å². The topological polar surface area (TPSA) is 82.9 Å². The second kappa shape index (κ2) is 6.88. The van der Waals surface area contributed by atoms with Crippen LogP contribution in [0.1, 0.15) is 23.2 Å². The van der Waals surface area contributed by atoms with E-state index in [1.807, 2.05) is 4.90 Å². The standard InChI is InChI=1S/C13H17ClN2O4/c14-11-2-1-10(13(18)19)12(15-11)16-5-3-9(4-6-16)20-8-7-17/h1-2,9,17H,3-8H2,(H,18,19). The number of pyridine rings is 1. The van der Waals surface area contributed by atoms with Crippen LogP contribution in [-0.4, -0.2) is 53.6 Å². The van der Waals surface area contributed by atoms with Gasteiger partial charge in [0.2, 0.25) is 0 Å². The molecule has 0 atom stereocenters. The summed E-state index contributed by atoms with van der Waals surface area (Å²) in [6.07, 6.45) is 1.64. The summed E-state index contributed by atoms with van der Waals surface area (Å²) in [6.45, 7) is 1.66. The van der Waals surface area contributed by atoms with Gasteiger partial charge in [0.25, 0.3) is 0 Å². The van der Waals surface area contributed by atoms with E-state index in [0.29, 0.717) is 25.5 Å². The number of aromatic carboxylic acids is 1. The van der Waals surface area contributed by atoms with Gasteiger partial charge in [-0.15, -0.1) is 0 Å². The molecule has 20 heavy (non-hydrogen) atoms. The van der Waals surface area contributed by atoms with Crippen LogP contribution < -0.4 is 4.90 Å². The van der Waals surface area contributed by atoms with Gasteiger partial charge in [0.05, 0.1) is 19.3 Å². The zero-order valence-electron chi connectivity index (χ0n) is 11.0. The van der Waals surface area contributed by atoms with Gasteiger partial charge in [-0.05, 0) is 25.0 Å². The molecule has 0 bridgehead atoms. The maximum atomic E-state index is 11.2. The molecular formula is C13H17ClN2O4. The number of piperidine rings is 1. The van der Waals surface area contributed by atoms with E-state index in [-0.39, 0.29) is 23.4 Å². The normalized spacial score (nSPS) is 16.4. The molecule has 1 aromatic rings. The number of aliphatic hydroxyl groups is 1. The molecule has 0 aliphatic carbocycles. The summed E-state index contributed by atoms with van der Waals surface area (Å²) >= 11 is 5.85. The number of ether oxygens (including phenoxy) is 1. The summed E-state index contributed by atoms with van der Waals surface area (Å²) in [5, 5.41) is 18.2. The third-order valence-electron chi connectivity index (χ3n) is 3.26. The molecule has 0 saturated carbocycles. The van der Waals surface area contributed by atoms with Crippen LogP contribution in [0.25, 0.3) is 0 Å². The van der Waals surface area contributed by atoms with Crippen LogP contribution in [0.2, 0.25) is 5.15 Å². The Labute approximate surface area is 121 Å². The molecule has 1 fully saturated rings. The number of aliphatic hydroxyl groups excluding tert-OH is 1. The van der Waals surface area contributed by atoms with Crippen molar-refractivity contribution < 1.29 is 19.7 Å². The first-order valence-corrected chi connectivity index (χ1v) is 6.87. The molecule has 0 amide bonds. The highest BCUT2D eigenvalue weighted by atomic mass is 35.5. The molecule has 2 rings (SSSR count). The SMILES string of the molecule is O=C(O)c1ccc(Cl)nc1N1CCC(OCCO)CC1. The van der Waals surface area contributed by atoms with Gasteiger partial charge >= 0.3 is 5.97 Å². The van der Waals surface area contributed by atoms with Crippen molar-refractivity contribution in [2.45, 2.75) is 18.9 Å². The summed E-state index contributed by atoms with van der Waals surface area (Å²) in [5.74, 6) is -0.603. The van der Waals surface area contributed by atoms with E-state index < -0.39 is 5.97 Å². The first-order chi connectivity index (χ1) is 9.61. The number of carbonyl (C=O) groups is 1. The van der Waals surface area contributed by atoms with E-state index in [0.717, 1.165) is 12.8 Å². The zero-order valence-corrected chi connectivity index (χ0v) is 11.7. The number of carboxylic acid groups (broad SMARTS) is 1. The molecule has 1 aromatic heterocycles. The first kappa shape index (κ1) is 15.0. The molecular weight excluding hydrogens is 284 g/mol. The predicted octanol–water partition coefficient (Wildman–Crippen LogP) is 1.41. The Kier molecular flexibility index (Phi) is 5.17. The highest BCUT2D eigenvalue weighted by molar-refractivity contribution is 6.29. The van der Waals surface area contributed by atoms with Gasteiger partial charge in [-0.2, -0.15) is 0 Å². The van der Waals surface area contributed by atoms with E-state index in [2.05, 4.69) is 4.98 Å². The fraction of sp³-hybridized carbons (Fsp3) is 0.538. The number of carboxylic acids is 1. The quantitative estimate of drug-likeness (QED) is 0.800. The third-order valence-corrected chi connectivity index (χ3v) is 3.47. The maximum Gasteiger partial charge on any atom is 0.339 e. The molecule has 6 nitrogen and oxygen atoms in total. The van der Waals surface area contributed by atoms with Crippen LogP contribution >= 0.6 is 11.6 Å². The molecule has 2 N–H and O–H groups in total. The number of nitrogens with zero attached hydrogens (tertiary/aromatic N) is 2. The summed E-state index contributed by atoms with van der Waals surface area (Å²) in [7, 11) is 0. The molecule has 110 valence electrons. The Morgan fingerprint density at radius 1 is 1.45 bits per heavy atom. The molecule has 2 heterocycles. The van der Waals surface area contributed by atoms with Crippen LogP contribution in [0.15, 0.2) is 12.1 Å². The highest BCUT2D eigenvalue weighted by Gasteiger charge is 2.24. The molecule has 1 aliphatic heterocycles. The first-order valence-electron chi connectivity index (χ1n) is 6.49. The van der Waals surface area contributed by atoms with Gasteiger partial charge in [0, 0.05) is 13.1 Å². The van der Waals surface area contributed by atoms with Crippen molar-refractivity contribution in [2.24, 2.45) is 0 Å². The lowest BCUT2D eigenvalue weighted by Gasteiger charge is -2.33. The monoisotopic (exact) mass is 300 g/mol. The van der Waals surface area contributed by atoms with Crippen LogP contribution in [0, 0.1) is 0 Å². The summed E-state index contributed by atoms with van der Waals surface area (Å²) in [4.78, 5) is 17.3. The Morgan fingerprint density at radius 2 is 2.15 bits per heavy atom. The van der Waals surface area contributed by atoms with Gasteiger partial charge in [-0.3, -0.25) is 0 Å². The van der Waals surface area contributed by atoms with Crippen LogP contribution in [0.5, 0.6) is 0 Å². The van der Waals surface area contributed by atoms with Crippen molar-refractivity contribution in [3.63, 3.8) is 0 Å². The molecule has 0 radical (unpaired) electrons. The molecule has 1 saturated heterocycles. The number of hydrogen-bond acceptors (Lipinski definition) is 5. The van der Waals surface area contributed by atoms with Gasteiger partial charge in [0.15, 0.2) is 0 Å². The number of halogens is 1. The van der Waals surface area contributed by atoms with Crippen molar-refractivity contribution in [1.82, 2.24) is 4.98 Å². The van der Waals surface area contributed by atoms with Crippen molar-refractivity contribution in [2.75, 3.05) is 31.2 Å². The fourth-order valence-corrected chi connectivity index (χ4v) is 2.43. The number of rotatable bonds is 5. The predicted molar refractivity (Wildman–Crippen MR) is 74.5 cm³/mol. The summed E-state index contributed by atoms with van der Waals surface area (Å²) in [5.41, 5.74) is 0.157. The average molecular weight is 301 g/mol. The van der Waals surface area contributed by atoms with Crippen LogP contribution in [-0.2, 0) is 4.74 Å². The van der Waals surface area contributed by atoms with Crippen molar-refractivity contribution in [3.05, 3.63) is 22.8 Å². The number of aromatic nitrogens is 1. The second-order valence-corrected chi connectivity index (χ2v) is 4.98. The van der Waals surface area contributed by atoms with E-state index in [4.69, 9.17) is 21.4 Å². The molecule has 0 unspecified atom stereocenters. The largest absolute Gasteiger partial charge is 0.478 e. The Bertz CT molecular complexity index is 475. The average Bonchev–Trinajstić information content (AvgIpc) is 2.45. The minimum atomic E-state index is -1.01. The molecule has 7 heteroatoms. The maximum absolute atomic E-state index is 11.2. The lowest BCUT2D eigenvalue weighted by Crippen LogP contribution is -2.38. The molecule has 0 aromatic carbocycles. The third kappa shape index (κ3) is 3.59. The minimum absolute atomic E-state index is 0.0131. The van der Waals surface area contributed by atoms with Crippen molar-refractivity contribution in [1.29, 1.82) is 0 Å². The van der Waals surface area contributed by atoms with E-state index in [1.165, 1.54) is 12.1 Å². The van der Waals surface area contributed by atoms with E-state index >= 15 is 0 Å². The summed E-state index contributed by atoms with van der Waals surface area (Å²) in [6, 6.07) is 2.95. The Morgan fingerprint density at radius 3 is 2.75 bits per heavy atom. The van der Waals surface area contributed by atoms with Gasteiger partial charge < -0.3 is 19.8 Å². The minimum Gasteiger partial charge on any atom is -0.478 e. The summed E-state index contributed by atoms with van der Waals surface area (Å²) < 4.78 is 5.48. The number of hydrogen-bond donors (Lipinski definition) is 2. The van der Waals surface area contributed by atoms with Gasteiger partial charge in [-0.1, -0.05) is 11.6 Å². The number of anilines is 1. The molecule has 0 spiro atoms. The zero-order chi connectivity index (χ0) is 14.5. The van der Waals surface area contributed by atoms with Crippen LogP contribution in [0.4, 0.5) is 5.82 Å². The van der Waals surface area contributed by atoms with Crippen LogP contribution in [0.3, 0.4) is 0 Å². The smallest absolute Gasteiger partial charge is 0.339 e. The van der Waals surface area contributed by atoms with E-state index in [1.54, 1.807) is 0 Å². The second-order valence-electron chi connectivity index (χ2n) is 4.59. The van der Waals surface area contributed by atoms with Gasteiger partial charge in [0.1, 0.15) is 16.5 Å². The lowest BCUT2D eigenvalue weighted by atomic mass is 10.1.